The number of pyridine rings is 3. The number of nitrogens with two attached hydrogens (primary N) is 1. The van der Waals surface area contributed by atoms with Crippen LogP contribution in [0, 0.1) is 5.41 Å². The van der Waals surface area contributed by atoms with Crippen molar-refractivity contribution in [2.24, 2.45) is 0 Å². The Balaban J connectivity index is 1.67. The number of aromatic nitrogens is 3. The van der Waals surface area contributed by atoms with Gasteiger partial charge in [0.25, 0.3) is 5.69 Å². The van der Waals surface area contributed by atoms with Crippen molar-refractivity contribution in [3.8, 4) is 39.5 Å². The molecule has 0 bridgehead atoms. The van der Waals surface area contributed by atoms with E-state index in [1.807, 2.05) is 175 Å². The van der Waals surface area contributed by atoms with Crippen molar-refractivity contribution in [2.45, 2.75) is 9.79 Å². The first-order chi connectivity index (χ1) is 28.4. The summed E-state index contributed by atoms with van der Waals surface area (Å²) in [6.07, 6.45) is 11.8. The summed E-state index contributed by atoms with van der Waals surface area (Å²) in [6, 6.07) is 32.8. The number of rotatable bonds is 10. The van der Waals surface area contributed by atoms with Crippen LogP contribution in [0.3, 0.4) is 0 Å². The highest BCUT2D eigenvalue weighted by Gasteiger charge is 2.44. The molecule has 1 aliphatic heterocycles. The quantitative estimate of drug-likeness (QED) is 0.0759. The highest BCUT2D eigenvalue weighted by Crippen LogP contribution is 2.49. The van der Waals surface area contributed by atoms with Crippen molar-refractivity contribution >= 4 is 51.4 Å². The molecule has 4 N–H and O–H groups in total. The number of aromatic carboxylic acids is 1. The molecular weight excluding hydrogens is 757 g/mol. The van der Waals surface area contributed by atoms with Crippen LogP contribution in [0.15, 0.2) is 155 Å². The monoisotopic (exact) mass is 801 g/mol. The average molecular weight is 802 g/mol. The first-order valence-electron chi connectivity index (χ1n) is 19.0. The lowest BCUT2D eigenvalue weighted by atomic mass is 9.87. The van der Waals surface area contributed by atoms with E-state index < -0.39 is 5.97 Å². The largest absolute Gasteiger partial charge is 0.477 e. The molecule has 12 heteroatoms. The maximum absolute atomic E-state index is 14.5. The molecule has 0 atom stereocenters. The molecule has 59 heavy (non-hydrogen) atoms. The summed E-state index contributed by atoms with van der Waals surface area (Å²) >= 11 is 1.56. The minimum atomic E-state index is -1.12. The van der Waals surface area contributed by atoms with E-state index in [9.17, 15) is 9.90 Å². The summed E-state index contributed by atoms with van der Waals surface area (Å²) in [4.78, 5) is 22.4. The summed E-state index contributed by atoms with van der Waals surface area (Å²) in [6.45, 7) is 0. The van der Waals surface area contributed by atoms with Crippen molar-refractivity contribution in [3.05, 3.63) is 151 Å². The van der Waals surface area contributed by atoms with Crippen molar-refractivity contribution in [2.75, 3.05) is 62.7 Å². The SMILES string of the molecule is CN(C)c1cc[n+](-c2c(Sc3ccccc3)c(-[n+]3ccc(N(C)C)cc3)c(-[n+]3ccc(N(C)C)cc3)c(C(=O)O)c2-c2c3ccc(=N)cc-3oc3cc(N)ccc23)cc1. The van der Waals surface area contributed by atoms with E-state index in [2.05, 4.69) is 12.1 Å². The minimum Gasteiger partial charge on any atom is -0.477 e. The van der Waals surface area contributed by atoms with Crippen LogP contribution in [0.1, 0.15) is 10.4 Å². The van der Waals surface area contributed by atoms with E-state index in [-0.39, 0.29) is 10.9 Å². The van der Waals surface area contributed by atoms with E-state index in [0.29, 0.717) is 56.2 Å². The van der Waals surface area contributed by atoms with Gasteiger partial charge in [0.1, 0.15) is 11.3 Å². The highest BCUT2D eigenvalue weighted by atomic mass is 32.2. The van der Waals surface area contributed by atoms with Crippen LogP contribution >= 0.6 is 11.8 Å². The third-order valence-corrected chi connectivity index (χ3v) is 11.4. The second-order valence-corrected chi connectivity index (χ2v) is 15.9. The fraction of sp³-hybridized carbons (Fsp3) is 0.128. The molecule has 1 aliphatic carbocycles. The Labute approximate surface area is 346 Å². The number of nitrogen functional groups attached to an aromatic ring is 1. The Morgan fingerprint density at radius 1 is 0.644 bits per heavy atom. The van der Waals surface area contributed by atoms with Crippen molar-refractivity contribution in [1.29, 1.82) is 5.41 Å². The third-order valence-electron chi connectivity index (χ3n) is 10.3. The van der Waals surface area contributed by atoms with E-state index >= 15 is 0 Å². The van der Waals surface area contributed by atoms with Crippen LogP contribution in [-0.2, 0) is 0 Å². The average Bonchev–Trinajstić information content (AvgIpc) is 3.22. The molecule has 8 rings (SSSR count). The fourth-order valence-corrected chi connectivity index (χ4v) is 8.49. The normalized spacial score (nSPS) is 11.2. The predicted octanol–water partition coefficient (Wildman–Crippen LogP) is 7.14. The Hall–Kier alpha value is -7.18. The van der Waals surface area contributed by atoms with Crippen molar-refractivity contribution in [3.63, 3.8) is 0 Å². The number of nitrogens with one attached hydrogen (secondary N) is 1. The van der Waals surface area contributed by atoms with Gasteiger partial charge in [0.15, 0.2) is 47.6 Å². The Morgan fingerprint density at radius 2 is 1.17 bits per heavy atom. The second kappa shape index (κ2) is 15.6. The molecule has 0 radical (unpaired) electrons. The number of anilines is 4. The van der Waals surface area contributed by atoms with Gasteiger partial charge in [-0.25, -0.2) is 4.79 Å². The van der Waals surface area contributed by atoms with Gasteiger partial charge in [-0.05, 0) is 36.4 Å². The molecule has 2 aliphatic rings. The zero-order chi connectivity index (χ0) is 41.5. The van der Waals surface area contributed by atoms with Crippen molar-refractivity contribution in [1.82, 2.24) is 0 Å². The van der Waals surface area contributed by atoms with Gasteiger partial charge < -0.3 is 35.4 Å². The summed E-state index contributed by atoms with van der Waals surface area (Å²) in [5, 5.41) is 21.4. The highest BCUT2D eigenvalue weighted by molar-refractivity contribution is 7.99. The lowest BCUT2D eigenvalue weighted by Gasteiger charge is -2.21. The molecule has 0 fully saturated rings. The number of hydrogen-bond acceptors (Lipinski definition) is 8. The molecule has 0 unspecified atom stereocenters. The van der Waals surface area contributed by atoms with Gasteiger partial charge in [-0.2, -0.15) is 13.7 Å². The van der Waals surface area contributed by atoms with E-state index in [0.717, 1.165) is 26.9 Å². The molecular formula is C47H45N8O3S+3. The number of hydrogen-bond donors (Lipinski definition) is 3. The first kappa shape index (κ1) is 38.7. The maximum atomic E-state index is 14.5. The number of nitrogens with zero attached hydrogens (tertiary/aromatic N) is 6. The van der Waals surface area contributed by atoms with Gasteiger partial charge in [0.2, 0.25) is 5.69 Å². The van der Waals surface area contributed by atoms with Gasteiger partial charge >= 0.3 is 11.7 Å². The number of carboxylic acids is 1. The Bertz CT molecular complexity index is 2880. The zero-order valence-corrected chi connectivity index (χ0v) is 34.5. The minimum absolute atomic E-state index is 0.0731. The molecule has 4 heterocycles. The topological polar surface area (TPSA) is 122 Å². The zero-order valence-electron chi connectivity index (χ0n) is 33.7. The standard InChI is InChI=1S/C47H43N8O3S/c1-50(2)32-16-22-53(23-17-32)43-42(47(56)57)41(40-36-14-12-30(48)28-38(36)58-39-29-31(49)13-15-37(39)40)44(54-24-18-33(19-25-54)51(3)4)46(59-35-10-8-7-9-11-35)45(43)55-26-20-34(21-27-55)52(5)6/h7-29H,1-6H3,(H2-2,48,49,56,57)/q+1/p+2. The molecule has 6 aromatic rings. The smallest absolute Gasteiger partial charge is 0.343 e. The second-order valence-electron chi connectivity index (χ2n) is 14.9. The van der Waals surface area contributed by atoms with Gasteiger partial charge in [-0.15, -0.1) is 0 Å². The molecule has 11 nitrogen and oxygen atoms in total. The number of carbonyl (C=O) groups is 1. The van der Waals surface area contributed by atoms with Crippen LogP contribution in [0.5, 0.6) is 0 Å². The third kappa shape index (κ3) is 7.30. The number of fused-ring (bicyclic) bond motifs is 2. The predicted molar refractivity (Wildman–Crippen MR) is 234 cm³/mol. The fourth-order valence-electron chi connectivity index (χ4n) is 7.35. The Morgan fingerprint density at radius 3 is 1.69 bits per heavy atom. The van der Waals surface area contributed by atoms with Gasteiger partial charge in [0, 0.05) is 135 Å². The van der Waals surface area contributed by atoms with Crippen LogP contribution in [-0.4, -0.2) is 53.4 Å². The molecule has 0 amide bonds. The van der Waals surface area contributed by atoms with Crippen LogP contribution in [0.25, 0.3) is 50.5 Å². The Kier molecular flexibility index (Phi) is 10.3. The molecule has 0 saturated heterocycles. The van der Waals surface area contributed by atoms with Gasteiger partial charge in [-0.3, -0.25) is 0 Å². The molecule has 0 saturated carbocycles. The van der Waals surface area contributed by atoms with Gasteiger partial charge in [0.05, 0.1) is 10.9 Å². The molecule has 0 spiro atoms. The van der Waals surface area contributed by atoms with Crippen LogP contribution < -0.4 is 39.5 Å². The lowest BCUT2D eigenvalue weighted by molar-refractivity contribution is -0.637. The summed E-state index contributed by atoms with van der Waals surface area (Å²) < 4.78 is 12.4. The number of benzene rings is 4. The summed E-state index contributed by atoms with van der Waals surface area (Å²) in [5.74, 6) is -0.691. The molecule has 3 aromatic carbocycles. The van der Waals surface area contributed by atoms with Crippen LogP contribution in [0.2, 0.25) is 0 Å². The van der Waals surface area contributed by atoms with Crippen molar-refractivity contribution < 1.29 is 28.0 Å². The van der Waals surface area contributed by atoms with E-state index in [1.54, 1.807) is 36.0 Å². The molecule has 294 valence electrons. The lowest BCUT2D eigenvalue weighted by Crippen LogP contribution is -2.43. The summed E-state index contributed by atoms with van der Waals surface area (Å²) in [5.41, 5.74) is 13.9. The summed E-state index contributed by atoms with van der Waals surface area (Å²) in [7, 11) is 11.9. The van der Waals surface area contributed by atoms with E-state index in [1.165, 1.54) is 0 Å². The maximum Gasteiger partial charge on any atom is 0.343 e. The first-order valence-corrected chi connectivity index (χ1v) is 19.8. The molecule has 3 aromatic heterocycles. The van der Waals surface area contributed by atoms with Gasteiger partial charge in [-0.1, -0.05) is 30.0 Å². The number of carboxylic acid groups (broad SMARTS) is 1. The van der Waals surface area contributed by atoms with E-state index in [4.69, 9.17) is 15.6 Å². The van der Waals surface area contributed by atoms with Crippen LogP contribution in [0.4, 0.5) is 22.7 Å².